The van der Waals surface area contributed by atoms with E-state index in [1.54, 1.807) is 12.4 Å². The Labute approximate surface area is 183 Å². The van der Waals surface area contributed by atoms with Crippen molar-refractivity contribution in [3.05, 3.63) is 53.3 Å². The number of likely N-dealkylation sites (tertiary alicyclic amines) is 1. The average Bonchev–Trinajstić information content (AvgIpc) is 2.76. The van der Waals surface area contributed by atoms with Gasteiger partial charge in [-0.15, -0.1) is 0 Å². The zero-order chi connectivity index (χ0) is 20.9. The maximum absolute atomic E-state index is 12.9. The van der Waals surface area contributed by atoms with Crippen LogP contribution in [0, 0.1) is 0 Å². The van der Waals surface area contributed by atoms with Crippen molar-refractivity contribution in [3.63, 3.8) is 0 Å². The predicted molar refractivity (Wildman–Crippen MR) is 119 cm³/mol. The van der Waals surface area contributed by atoms with Crippen LogP contribution < -0.4 is 10.2 Å². The number of hydrogen-bond donors (Lipinski definition) is 1. The van der Waals surface area contributed by atoms with E-state index in [2.05, 4.69) is 62.3 Å². The van der Waals surface area contributed by atoms with Crippen molar-refractivity contribution >= 4 is 23.6 Å². The Kier molecular flexibility index (Phi) is 6.69. The summed E-state index contributed by atoms with van der Waals surface area (Å²) in [4.78, 5) is 28.0. The number of piperazine rings is 1. The fourth-order valence-corrected chi connectivity index (χ4v) is 4.34. The van der Waals surface area contributed by atoms with Gasteiger partial charge in [-0.25, -0.2) is 14.8 Å². The van der Waals surface area contributed by atoms with Crippen molar-refractivity contribution in [2.75, 3.05) is 37.6 Å². The van der Waals surface area contributed by atoms with E-state index in [4.69, 9.17) is 11.6 Å². The number of anilines is 1. The molecule has 0 saturated carbocycles. The molecule has 2 aliphatic heterocycles. The molecule has 1 aromatic heterocycles. The molecule has 160 valence electrons. The molecule has 2 aliphatic rings. The SMILES string of the molecule is C[C@@H]1CN(c2ncc(Cl)cn2)CCN1C(=O)NC1CCN(Cc2ccccc2)CC1. The first kappa shape index (κ1) is 20.9. The van der Waals surface area contributed by atoms with Crippen LogP contribution in [0.15, 0.2) is 42.7 Å². The number of amides is 2. The number of rotatable bonds is 4. The van der Waals surface area contributed by atoms with Crippen LogP contribution in [0.1, 0.15) is 25.3 Å². The van der Waals surface area contributed by atoms with E-state index in [-0.39, 0.29) is 18.1 Å². The summed E-state index contributed by atoms with van der Waals surface area (Å²) in [5.74, 6) is 0.664. The molecule has 1 aromatic carbocycles. The summed E-state index contributed by atoms with van der Waals surface area (Å²) < 4.78 is 0. The highest BCUT2D eigenvalue weighted by Crippen LogP contribution is 2.18. The summed E-state index contributed by atoms with van der Waals surface area (Å²) in [6.07, 6.45) is 5.20. The van der Waals surface area contributed by atoms with Crippen LogP contribution in [0.5, 0.6) is 0 Å². The maximum atomic E-state index is 12.9. The molecule has 0 bridgehead atoms. The van der Waals surface area contributed by atoms with E-state index in [9.17, 15) is 4.79 Å². The van der Waals surface area contributed by atoms with Crippen LogP contribution in [0.2, 0.25) is 5.02 Å². The highest BCUT2D eigenvalue weighted by atomic mass is 35.5. The summed E-state index contributed by atoms with van der Waals surface area (Å²) in [5.41, 5.74) is 1.34. The summed E-state index contributed by atoms with van der Waals surface area (Å²) in [5, 5.41) is 3.79. The first-order valence-corrected chi connectivity index (χ1v) is 11.0. The molecule has 0 radical (unpaired) electrons. The summed E-state index contributed by atoms with van der Waals surface area (Å²) in [6, 6.07) is 10.9. The van der Waals surface area contributed by atoms with Crippen molar-refractivity contribution in [2.24, 2.45) is 0 Å². The van der Waals surface area contributed by atoms with Gasteiger partial charge < -0.3 is 15.1 Å². The van der Waals surface area contributed by atoms with Crippen LogP contribution in [0.3, 0.4) is 0 Å². The van der Waals surface area contributed by atoms with Gasteiger partial charge in [0.15, 0.2) is 0 Å². The van der Waals surface area contributed by atoms with Crippen molar-refractivity contribution in [3.8, 4) is 0 Å². The Balaban J connectivity index is 1.23. The second-order valence-corrected chi connectivity index (χ2v) is 8.61. The normalized spacial score (nSPS) is 20.9. The van der Waals surface area contributed by atoms with Crippen molar-refractivity contribution in [2.45, 2.75) is 38.4 Å². The summed E-state index contributed by atoms with van der Waals surface area (Å²) in [7, 11) is 0. The number of aromatic nitrogens is 2. The Hall–Kier alpha value is -2.38. The summed E-state index contributed by atoms with van der Waals surface area (Å²) >= 11 is 5.88. The number of halogens is 1. The third-order valence-corrected chi connectivity index (χ3v) is 6.14. The number of carbonyl (C=O) groups excluding carboxylic acids is 1. The first-order chi connectivity index (χ1) is 14.6. The molecule has 30 heavy (non-hydrogen) atoms. The van der Waals surface area contributed by atoms with Crippen LogP contribution >= 0.6 is 11.6 Å². The van der Waals surface area contributed by atoms with Gasteiger partial charge in [-0.2, -0.15) is 0 Å². The first-order valence-electron chi connectivity index (χ1n) is 10.6. The highest BCUT2D eigenvalue weighted by molar-refractivity contribution is 6.30. The molecule has 2 aromatic rings. The van der Waals surface area contributed by atoms with Gasteiger partial charge >= 0.3 is 6.03 Å². The molecule has 3 heterocycles. The van der Waals surface area contributed by atoms with Gasteiger partial charge in [-0.05, 0) is 25.3 Å². The van der Waals surface area contributed by atoms with Crippen molar-refractivity contribution in [1.82, 2.24) is 25.1 Å². The number of hydrogen-bond acceptors (Lipinski definition) is 5. The monoisotopic (exact) mass is 428 g/mol. The lowest BCUT2D eigenvalue weighted by Crippen LogP contribution is -2.58. The number of urea groups is 1. The van der Waals surface area contributed by atoms with E-state index in [1.165, 1.54) is 5.56 Å². The molecule has 2 fully saturated rings. The van der Waals surface area contributed by atoms with Gasteiger partial charge in [0.25, 0.3) is 0 Å². The smallest absolute Gasteiger partial charge is 0.317 e. The van der Waals surface area contributed by atoms with Gasteiger partial charge in [0, 0.05) is 51.4 Å². The molecule has 2 amide bonds. The molecule has 2 saturated heterocycles. The molecule has 0 unspecified atom stereocenters. The lowest BCUT2D eigenvalue weighted by Gasteiger charge is -2.41. The Morgan fingerprint density at radius 2 is 1.80 bits per heavy atom. The van der Waals surface area contributed by atoms with Gasteiger partial charge in [-0.1, -0.05) is 41.9 Å². The number of carbonyl (C=O) groups is 1. The highest BCUT2D eigenvalue weighted by Gasteiger charge is 2.30. The fourth-order valence-electron chi connectivity index (χ4n) is 4.24. The molecule has 0 aliphatic carbocycles. The second-order valence-electron chi connectivity index (χ2n) is 8.18. The van der Waals surface area contributed by atoms with Gasteiger partial charge in [0.05, 0.1) is 17.4 Å². The molecular formula is C22H29ClN6O. The number of piperidine rings is 1. The van der Waals surface area contributed by atoms with E-state index in [0.717, 1.165) is 39.0 Å². The van der Waals surface area contributed by atoms with E-state index < -0.39 is 0 Å². The van der Waals surface area contributed by atoms with Crippen LogP contribution in [0.25, 0.3) is 0 Å². The maximum Gasteiger partial charge on any atom is 0.317 e. The molecular weight excluding hydrogens is 400 g/mol. The van der Waals surface area contributed by atoms with Gasteiger partial charge in [-0.3, -0.25) is 4.90 Å². The zero-order valence-electron chi connectivity index (χ0n) is 17.4. The van der Waals surface area contributed by atoms with Crippen molar-refractivity contribution in [1.29, 1.82) is 0 Å². The minimum absolute atomic E-state index is 0.0423. The lowest BCUT2D eigenvalue weighted by atomic mass is 10.0. The molecule has 1 N–H and O–H groups in total. The van der Waals surface area contributed by atoms with Crippen LogP contribution in [-0.2, 0) is 6.54 Å². The zero-order valence-corrected chi connectivity index (χ0v) is 18.1. The fraction of sp³-hybridized carbons (Fsp3) is 0.500. The lowest BCUT2D eigenvalue weighted by molar-refractivity contribution is 0.152. The van der Waals surface area contributed by atoms with Crippen LogP contribution in [0.4, 0.5) is 10.7 Å². The van der Waals surface area contributed by atoms with E-state index >= 15 is 0 Å². The Bertz CT molecular complexity index is 825. The van der Waals surface area contributed by atoms with E-state index in [0.29, 0.717) is 24.1 Å². The topological polar surface area (TPSA) is 64.6 Å². The van der Waals surface area contributed by atoms with Gasteiger partial charge in [0.1, 0.15) is 0 Å². The minimum atomic E-state index is 0.0423. The number of benzene rings is 1. The minimum Gasteiger partial charge on any atom is -0.337 e. The second kappa shape index (κ2) is 9.62. The van der Waals surface area contributed by atoms with Gasteiger partial charge in [0.2, 0.25) is 5.95 Å². The standard InChI is InChI=1S/C22H29ClN6O/c1-17-15-28(21-24-13-19(23)14-25-21)11-12-29(17)22(30)26-20-7-9-27(10-8-20)16-18-5-3-2-4-6-18/h2-6,13-14,17,20H,7-12,15-16H2,1H3,(H,26,30)/t17-/m1/s1. The molecule has 7 nitrogen and oxygen atoms in total. The largest absolute Gasteiger partial charge is 0.337 e. The third kappa shape index (κ3) is 5.21. The quantitative estimate of drug-likeness (QED) is 0.810. The number of nitrogens with zero attached hydrogens (tertiary/aromatic N) is 5. The van der Waals surface area contributed by atoms with E-state index in [1.807, 2.05) is 4.90 Å². The molecule has 0 spiro atoms. The molecule has 1 atom stereocenters. The van der Waals surface area contributed by atoms with Crippen molar-refractivity contribution < 1.29 is 4.79 Å². The molecule has 8 heteroatoms. The Morgan fingerprint density at radius 1 is 1.10 bits per heavy atom. The summed E-state index contributed by atoms with van der Waals surface area (Å²) in [6.45, 7) is 7.16. The predicted octanol–water partition coefficient (Wildman–Crippen LogP) is 3.01. The third-order valence-electron chi connectivity index (χ3n) is 5.94. The number of nitrogens with one attached hydrogen (secondary N) is 1. The average molecular weight is 429 g/mol. The van der Waals surface area contributed by atoms with Crippen LogP contribution in [-0.4, -0.2) is 70.6 Å². The molecule has 4 rings (SSSR count). The Morgan fingerprint density at radius 3 is 2.47 bits per heavy atom.